The predicted octanol–water partition coefficient (Wildman–Crippen LogP) is 4.11. The number of halogens is 2. The van der Waals surface area contributed by atoms with Crippen LogP contribution < -0.4 is 10.2 Å². The lowest BCUT2D eigenvalue weighted by Crippen LogP contribution is -2.24. The third kappa shape index (κ3) is 4.94. The van der Waals surface area contributed by atoms with Crippen molar-refractivity contribution in [3.63, 3.8) is 0 Å². The molecule has 110 valence electrons. The van der Waals surface area contributed by atoms with E-state index in [-0.39, 0.29) is 12.5 Å². The summed E-state index contributed by atoms with van der Waals surface area (Å²) >= 11 is 8.36. The molecule has 0 saturated heterocycles. The van der Waals surface area contributed by atoms with E-state index >= 15 is 0 Å². The Bertz CT molecular complexity index is 634. The van der Waals surface area contributed by atoms with Crippen LogP contribution in [0.4, 0.5) is 0 Å². The van der Waals surface area contributed by atoms with Crippen LogP contribution in [0.3, 0.4) is 0 Å². The van der Waals surface area contributed by atoms with Gasteiger partial charge in [-0.1, -0.05) is 22.0 Å². The predicted molar refractivity (Wildman–Crippen MR) is 92.1 cm³/mol. The van der Waals surface area contributed by atoms with E-state index in [0.29, 0.717) is 5.75 Å². The molecular weight excluding hydrogens is 420 g/mol. The lowest BCUT2D eigenvalue weighted by molar-refractivity contribution is -0.123. The molecule has 1 amide bonds. The minimum atomic E-state index is -0.308. The minimum absolute atomic E-state index is 0.0944. The van der Waals surface area contributed by atoms with Crippen LogP contribution in [0.25, 0.3) is 0 Å². The summed E-state index contributed by atoms with van der Waals surface area (Å²) in [5, 5.41) is 5.82. The quantitative estimate of drug-likeness (QED) is 0.572. The number of carbonyl (C=O) groups excluding carboxylic acids is 1. The zero-order valence-corrected chi connectivity index (χ0v) is 15.1. The molecule has 0 unspecified atom stereocenters. The van der Waals surface area contributed by atoms with Crippen molar-refractivity contribution in [3.8, 4) is 5.75 Å². The number of hydrazone groups is 1. The van der Waals surface area contributed by atoms with Gasteiger partial charge in [0.1, 0.15) is 5.75 Å². The van der Waals surface area contributed by atoms with Crippen LogP contribution in [0.5, 0.6) is 5.75 Å². The van der Waals surface area contributed by atoms with Gasteiger partial charge in [0, 0.05) is 9.35 Å². The van der Waals surface area contributed by atoms with Crippen molar-refractivity contribution in [1.29, 1.82) is 0 Å². The van der Waals surface area contributed by atoms with E-state index < -0.39 is 0 Å². The number of hydrogen-bond acceptors (Lipinski definition) is 4. The number of aryl methyl sites for hydroxylation is 1. The molecule has 2 aromatic rings. The van der Waals surface area contributed by atoms with Gasteiger partial charge in [0.15, 0.2) is 6.61 Å². The molecule has 0 bridgehead atoms. The van der Waals surface area contributed by atoms with Gasteiger partial charge >= 0.3 is 0 Å². The first-order valence-electron chi connectivity index (χ1n) is 6.00. The highest BCUT2D eigenvalue weighted by molar-refractivity contribution is 9.11. The van der Waals surface area contributed by atoms with Crippen molar-refractivity contribution in [2.75, 3.05) is 6.61 Å². The lowest BCUT2D eigenvalue weighted by Gasteiger charge is -2.10. The fraction of sp³-hybridized carbons (Fsp3) is 0.143. The van der Waals surface area contributed by atoms with E-state index in [2.05, 4.69) is 42.4 Å². The van der Waals surface area contributed by atoms with Crippen molar-refractivity contribution in [1.82, 2.24) is 5.43 Å². The highest BCUT2D eigenvalue weighted by atomic mass is 79.9. The Labute approximate surface area is 143 Å². The van der Waals surface area contributed by atoms with E-state index in [4.69, 9.17) is 4.74 Å². The van der Waals surface area contributed by atoms with Gasteiger partial charge in [0.2, 0.25) is 0 Å². The molecule has 1 aromatic carbocycles. The average molecular weight is 432 g/mol. The van der Waals surface area contributed by atoms with Crippen molar-refractivity contribution in [3.05, 3.63) is 49.0 Å². The summed E-state index contributed by atoms with van der Waals surface area (Å²) in [4.78, 5) is 12.6. The Hall–Kier alpha value is -1.18. The van der Waals surface area contributed by atoms with Gasteiger partial charge in [0.05, 0.1) is 10.7 Å². The summed E-state index contributed by atoms with van der Waals surface area (Å²) in [6.07, 6.45) is 1.60. The summed E-state index contributed by atoms with van der Waals surface area (Å²) in [6, 6.07) is 7.63. The zero-order chi connectivity index (χ0) is 15.2. The normalized spacial score (nSPS) is 10.8. The number of hydrogen-bond donors (Lipinski definition) is 1. The zero-order valence-electron chi connectivity index (χ0n) is 11.1. The second-order valence-electron chi connectivity index (χ2n) is 4.13. The first-order chi connectivity index (χ1) is 10.1. The molecule has 0 aliphatic heterocycles. The largest absolute Gasteiger partial charge is 0.482 e. The maximum Gasteiger partial charge on any atom is 0.277 e. The molecule has 1 heterocycles. The van der Waals surface area contributed by atoms with Gasteiger partial charge < -0.3 is 4.74 Å². The number of benzene rings is 1. The number of amides is 1. The Morgan fingerprint density at radius 3 is 2.95 bits per heavy atom. The van der Waals surface area contributed by atoms with Crippen LogP contribution in [-0.2, 0) is 4.79 Å². The molecule has 4 nitrogen and oxygen atoms in total. The molecule has 1 aromatic heterocycles. The first-order valence-corrected chi connectivity index (χ1v) is 8.46. The maximum atomic E-state index is 11.7. The van der Waals surface area contributed by atoms with Gasteiger partial charge in [-0.25, -0.2) is 5.43 Å². The molecule has 0 spiro atoms. The Kier molecular flexibility index (Phi) is 5.96. The molecule has 0 aliphatic carbocycles. The molecule has 0 atom stereocenters. The van der Waals surface area contributed by atoms with Crippen LogP contribution in [0.15, 0.2) is 43.7 Å². The van der Waals surface area contributed by atoms with E-state index in [1.807, 2.05) is 36.6 Å². The van der Waals surface area contributed by atoms with Gasteiger partial charge in [-0.3, -0.25) is 4.79 Å². The minimum Gasteiger partial charge on any atom is -0.482 e. The smallest absolute Gasteiger partial charge is 0.277 e. The second kappa shape index (κ2) is 7.72. The second-order valence-corrected chi connectivity index (χ2v) is 6.88. The first kappa shape index (κ1) is 16.2. The van der Waals surface area contributed by atoms with E-state index in [1.54, 1.807) is 17.6 Å². The highest BCUT2D eigenvalue weighted by Gasteiger charge is 2.09. The van der Waals surface area contributed by atoms with Gasteiger partial charge in [0.25, 0.3) is 5.91 Å². The monoisotopic (exact) mass is 430 g/mol. The van der Waals surface area contributed by atoms with E-state index in [1.165, 1.54) is 0 Å². The van der Waals surface area contributed by atoms with Crippen LogP contribution in [-0.4, -0.2) is 18.7 Å². The Morgan fingerprint density at radius 2 is 2.29 bits per heavy atom. The van der Waals surface area contributed by atoms with Crippen LogP contribution >= 0.6 is 43.2 Å². The standard InChI is InChI=1S/C14H12Br2N2O2S/c1-9-5-10(15)6-12(16)14(9)20-8-13(19)18-17-7-11-3-2-4-21-11/h2-7H,8H2,1H3,(H,18,19)/b17-7+. The molecule has 2 rings (SSSR count). The summed E-state index contributed by atoms with van der Waals surface area (Å²) < 4.78 is 7.27. The van der Waals surface area contributed by atoms with E-state index in [9.17, 15) is 4.79 Å². The molecule has 1 N–H and O–H groups in total. The number of carbonyl (C=O) groups is 1. The topological polar surface area (TPSA) is 50.7 Å². The van der Waals surface area contributed by atoms with Gasteiger partial charge in [-0.15, -0.1) is 11.3 Å². The van der Waals surface area contributed by atoms with Gasteiger partial charge in [-0.05, 0) is 52.0 Å². The third-order valence-corrected chi connectivity index (χ3v) is 4.32. The summed E-state index contributed by atoms with van der Waals surface area (Å²) in [7, 11) is 0. The molecular formula is C14H12Br2N2O2S. The summed E-state index contributed by atoms with van der Waals surface area (Å²) in [6.45, 7) is 1.82. The molecule has 0 fully saturated rings. The number of nitrogens with one attached hydrogen (secondary N) is 1. The van der Waals surface area contributed by atoms with Crippen molar-refractivity contribution < 1.29 is 9.53 Å². The summed E-state index contributed by atoms with van der Waals surface area (Å²) in [5.74, 6) is 0.340. The highest BCUT2D eigenvalue weighted by Crippen LogP contribution is 2.32. The van der Waals surface area contributed by atoms with Crippen molar-refractivity contribution >= 4 is 55.3 Å². The third-order valence-electron chi connectivity index (χ3n) is 2.47. The molecule has 21 heavy (non-hydrogen) atoms. The van der Waals surface area contributed by atoms with E-state index in [0.717, 1.165) is 19.4 Å². The number of thiophene rings is 1. The number of ether oxygens (including phenoxy) is 1. The molecule has 0 radical (unpaired) electrons. The molecule has 7 heteroatoms. The fourth-order valence-corrected chi connectivity index (χ4v) is 3.71. The fourth-order valence-electron chi connectivity index (χ4n) is 1.57. The Morgan fingerprint density at radius 1 is 1.48 bits per heavy atom. The van der Waals surface area contributed by atoms with Crippen molar-refractivity contribution in [2.45, 2.75) is 6.92 Å². The SMILES string of the molecule is Cc1cc(Br)cc(Br)c1OCC(=O)N/N=C/c1cccs1. The molecule has 0 saturated carbocycles. The molecule has 0 aliphatic rings. The number of rotatable bonds is 5. The maximum absolute atomic E-state index is 11.7. The van der Waals surface area contributed by atoms with Crippen LogP contribution in [0.1, 0.15) is 10.4 Å². The van der Waals surface area contributed by atoms with Gasteiger partial charge in [-0.2, -0.15) is 5.10 Å². The average Bonchev–Trinajstić information content (AvgIpc) is 2.90. The van der Waals surface area contributed by atoms with Crippen LogP contribution in [0.2, 0.25) is 0 Å². The number of nitrogens with zero attached hydrogens (tertiary/aromatic N) is 1. The van der Waals surface area contributed by atoms with Crippen LogP contribution in [0, 0.1) is 6.92 Å². The Balaban J connectivity index is 1.87. The lowest BCUT2D eigenvalue weighted by atomic mass is 10.2. The summed E-state index contributed by atoms with van der Waals surface area (Å²) in [5.41, 5.74) is 3.37. The van der Waals surface area contributed by atoms with Crippen molar-refractivity contribution in [2.24, 2.45) is 5.10 Å².